The van der Waals surface area contributed by atoms with Crippen LogP contribution in [0.1, 0.15) is 27.6 Å². The molecule has 0 aliphatic carbocycles. The summed E-state index contributed by atoms with van der Waals surface area (Å²) in [4.78, 5) is 36.1. The zero-order valence-electron chi connectivity index (χ0n) is 14.9. The maximum atomic E-state index is 12.7. The number of fused-ring (bicyclic) bond motifs is 1. The molecule has 0 saturated heterocycles. The van der Waals surface area contributed by atoms with E-state index < -0.39 is 11.5 Å². The van der Waals surface area contributed by atoms with Gasteiger partial charge in [-0.05, 0) is 43.3 Å². The highest BCUT2D eigenvalue weighted by Gasteiger charge is 2.14. The zero-order valence-corrected chi connectivity index (χ0v) is 14.9. The molecule has 0 aliphatic rings. The smallest absolute Gasteiger partial charge is 0.337 e. The average molecular weight is 366 g/mol. The fourth-order valence-electron chi connectivity index (χ4n) is 2.64. The lowest BCUT2D eigenvalue weighted by Gasteiger charge is -2.09. The van der Waals surface area contributed by atoms with Gasteiger partial charge in [-0.2, -0.15) is 0 Å². The van der Waals surface area contributed by atoms with E-state index in [1.165, 1.54) is 0 Å². The molecule has 138 valence electrons. The van der Waals surface area contributed by atoms with Crippen molar-refractivity contribution in [2.24, 2.45) is 0 Å². The van der Waals surface area contributed by atoms with Gasteiger partial charge >= 0.3 is 5.63 Å². The Morgan fingerprint density at radius 1 is 1.04 bits per heavy atom. The van der Waals surface area contributed by atoms with Crippen molar-refractivity contribution in [2.45, 2.75) is 6.92 Å². The molecule has 0 unspecified atom stereocenters. The Kier molecular flexibility index (Phi) is 5.21. The monoisotopic (exact) mass is 366 g/mol. The first-order chi connectivity index (χ1) is 13.0. The molecule has 0 fully saturated rings. The summed E-state index contributed by atoms with van der Waals surface area (Å²) in [6.07, 6.45) is 0. The molecule has 0 radical (unpaired) electrons. The third-order valence-electron chi connectivity index (χ3n) is 3.90. The second-order valence-corrected chi connectivity index (χ2v) is 5.68. The Hall–Kier alpha value is -3.61. The van der Waals surface area contributed by atoms with Crippen molar-refractivity contribution in [1.82, 2.24) is 5.32 Å². The minimum atomic E-state index is -0.628. The predicted octanol–water partition coefficient (Wildman–Crippen LogP) is 2.80. The zero-order chi connectivity index (χ0) is 19.4. The summed E-state index contributed by atoms with van der Waals surface area (Å²) in [5.41, 5.74) is 0.814. The lowest BCUT2D eigenvalue weighted by molar-refractivity contribution is 0.0962. The molecule has 0 atom stereocenters. The molecule has 0 spiro atoms. The van der Waals surface area contributed by atoms with E-state index in [0.717, 1.165) is 6.07 Å². The van der Waals surface area contributed by atoms with Gasteiger partial charge in [0.2, 0.25) is 0 Å². The van der Waals surface area contributed by atoms with Crippen LogP contribution in [0, 0.1) is 0 Å². The van der Waals surface area contributed by atoms with Crippen molar-refractivity contribution in [2.75, 3.05) is 19.0 Å². The molecule has 2 amide bonds. The van der Waals surface area contributed by atoms with Gasteiger partial charge in [0.25, 0.3) is 11.8 Å². The van der Waals surface area contributed by atoms with Crippen LogP contribution in [0.15, 0.2) is 57.7 Å². The lowest BCUT2D eigenvalue weighted by atomic mass is 10.1. The van der Waals surface area contributed by atoms with Crippen molar-refractivity contribution >= 4 is 28.5 Å². The van der Waals surface area contributed by atoms with Gasteiger partial charge in [0.15, 0.2) is 0 Å². The second-order valence-electron chi connectivity index (χ2n) is 5.68. The van der Waals surface area contributed by atoms with E-state index >= 15 is 0 Å². The summed E-state index contributed by atoms with van der Waals surface area (Å²) in [6.45, 7) is 2.32. The first kappa shape index (κ1) is 18.2. The molecule has 1 heterocycles. The van der Waals surface area contributed by atoms with Crippen LogP contribution in [0.3, 0.4) is 0 Å². The Morgan fingerprint density at radius 3 is 2.44 bits per heavy atom. The summed E-state index contributed by atoms with van der Waals surface area (Å²) in [5.74, 6) is -0.120. The van der Waals surface area contributed by atoms with E-state index in [2.05, 4.69) is 10.6 Å². The number of nitrogens with one attached hydrogen (secondary N) is 2. The molecule has 0 aliphatic heterocycles. The van der Waals surface area contributed by atoms with Crippen LogP contribution in [0.2, 0.25) is 0 Å². The normalized spacial score (nSPS) is 10.4. The van der Waals surface area contributed by atoms with E-state index in [4.69, 9.17) is 9.15 Å². The van der Waals surface area contributed by atoms with Crippen molar-refractivity contribution < 1.29 is 18.7 Å². The Morgan fingerprint density at radius 2 is 1.78 bits per heavy atom. The number of amides is 2. The molecule has 2 aromatic carbocycles. The molecule has 1 aromatic heterocycles. The topological polar surface area (TPSA) is 97.6 Å². The summed E-state index contributed by atoms with van der Waals surface area (Å²) in [5, 5.41) is 5.74. The van der Waals surface area contributed by atoms with Crippen LogP contribution < -0.4 is 21.0 Å². The lowest BCUT2D eigenvalue weighted by Crippen LogP contribution is -2.18. The number of hydrogen-bond donors (Lipinski definition) is 2. The van der Waals surface area contributed by atoms with Crippen molar-refractivity contribution in [1.29, 1.82) is 0 Å². The van der Waals surface area contributed by atoms with Crippen LogP contribution in [0.4, 0.5) is 5.69 Å². The van der Waals surface area contributed by atoms with E-state index in [9.17, 15) is 14.4 Å². The Labute approximate surface area is 154 Å². The first-order valence-corrected chi connectivity index (χ1v) is 8.36. The van der Waals surface area contributed by atoms with Gasteiger partial charge < -0.3 is 19.8 Å². The van der Waals surface area contributed by atoms with Gasteiger partial charge in [-0.1, -0.05) is 0 Å². The van der Waals surface area contributed by atoms with Crippen molar-refractivity contribution in [3.05, 3.63) is 70.1 Å². The highest BCUT2D eigenvalue weighted by atomic mass is 16.5. The minimum Gasteiger partial charge on any atom is -0.494 e. The number of anilines is 1. The maximum absolute atomic E-state index is 12.7. The molecule has 2 N–H and O–H groups in total. The first-order valence-electron chi connectivity index (χ1n) is 8.36. The molecule has 7 nitrogen and oxygen atoms in total. The number of carbonyl (C=O) groups excluding carboxylic acids is 2. The van der Waals surface area contributed by atoms with Crippen LogP contribution in [-0.2, 0) is 0 Å². The molecule has 0 bridgehead atoms. The average Bonchev–Trinajstić information content (AvgIpc) is 2.67. The summed E-state index contributed by atoms with van der Waals surface area (Å²) in [6, 6.07) is 12.5. The van der Waals surface area contributed by atoms with Crippen molar-refractivity contribution in [3.63, 3.8) is 0 Å². The van der Waals surface area contributed by atoms with E-state index in [0.29, 0.717) is 29.0 Å². The molecule has 7 heteroatoms. The summed E-state index contributed by atoms with van der Waals surface area (Å²) >= 11 is 0. The van der Waals surface area contributed by atoms with Gasteiger partial charge in [0.1, 0.15) is 11.3 Å². The fraction of sp³-hybridized carbons (Fsp3) is 0.150. The number of hydrogen-bond acceptors (Lipinski definition) is 5. The SMILES string of the molecule is CCOc1ccc2c(C(=O)Nc3ccc(C(=O)NC)cc3)cc(=O)oc2c1. The Bertz CT molecular complexity index is 1050. The molecule has 0 saturated carbocycles. The van der Waals surface area contributed by atoms with Gasteiger partial charge in [-0.25, -0.2) is 4.79 Å². The highest BCUT2D eigenvalue weighted by molar-refractivity contribution is 6.12. The number of rotatable bonds is 5. The van der Waals surface area contributed by atoms with E-state index in [1.807, 2.05) is 6.92 Å². The van der Waals surface area contributed by atoms with E-state index in [-0.39, 0.29) is 17.1 Å². The van der Waals surface area contributed by atoms with Crippen LogP contribution in [0.25, 0.3) is 11.0 Å². The van der Waals surface area contributed by atoms with Gasteiger partial charge in [-0.3, -0.25) is 9.59 Å². The van der Waals surface area contributed by atoms with Crippen LogP contribution in [0.5, 0.6) is 5.75 Å². The van der Waals surface area contributed by atoms with Gasteiger partial charge in [-0.15, -0.1) is 0 Å². The molecule has 3 aromatic rings. The van der Waals surface area contributed by atoms with Crippen molar-refractivity contribution in [3.8, 4) is 5.75 Å². The maximum Gasteiger partial charge on any atom is 0.337 e. The van der Waals surface area contributed by atoms with Crippen LogP contribution >= 0.6 is 0 Å². The number of carbonyl (C=O) groups is 2. The fourth-order valence-corrected chi connectivity index (χ4v) is 2.64. The molecule has 3 rings (SSSR count). The molecular formula is C20H18N2O5. The third-order valence-corrected chi connectivity index (χ3v) is 3.90. The predicted molar refractivity (Wildman–Crippen MR) is 101 cm³/mol. The molecular weight excluding hydrogens is 348 g/mol. The quantitative estimate of drug-likeness (QED) is 0.677. The van der Waals surface area contributed by atoms with Crippen LogP contribution in [-0.4, -0.2) is 25.5 Å². The minimum absolute atomic E-state index is 0.194. The second kappa shape index (κ2) is 7.74. The Balaban J connectivity index is 1.91. The number of ether oxygens (including phenoxy) is 1. The highest BCUT2D eigenvalue weighted by Crippen LogP contribution is 2.23. The van der Waals surface area contributed by atoms with E-state index in [1.54, 1.807) is 49.5 Å². The number of benzene rings is 2. The standard InChI is InChI=1S/C20H18N2O5/c1-3-26-14-8-9-15-16(11-18(23)27-17(15)10-14)20(25)22-13-6-4-12(5-7-13)19(24)21-2/h4-11H,3H2,1-2H3,(H,21,24)(H,22,25). The van der Waals surface area contributed by atoms with Gasteiger partial charge in [0, 0.05) is 35.8 Å². The summed E-state index contributed by atoms with van der Waals surface area (Å²) < 4.78 is 10.6. The molecule has 27 heavy (non-hydrogen) atoms. The van der Waals surface area contributed by atoms with Gasteiger partial charge in [0.05, 0.1) is 12.2 Å². The summed E-state index contributed by atoms with van der Waals surface area (Å²) in [7, 11) is 1.54. The third kappa shape index (κ3) is 3.98. The largest absolute Gasteiger partial charge is 0.494 e.